The summed E-state index contributed by atoms with van der Waals surface area (Å²) < 4.78 is 0. The molecule has 11 aromatic rings. The fourth-order valence-electron chi connectivity index (χ4n) is 11.8. The van der Waals surface area contributed by atoms with Crippen LogP contribution in [0.2, 0.25) is 0 Å². The van der Waals surface area contributed by atoms with E-state index in [4.69, 9.17) is 0 Å². The van der Waals surface area contributed by atoms with Gasteiger partial charge in [0.25, 0.3) is 0 Å². The first-order chi connectivity index (χ1) is 33.2. The van der Waals surface area contributed by atoms with E-state index in [1.165, 1.54) is 88.7 Å². The van der Waals surface area contributed by atoms with Crippen molar-refractivity contribution >= 4 is 27.8 Å². The molecule has 0 aliphatic heterocycles. The lowest BCUT2D eigenvalue weighted by atomic mass is 9.66. The summed E-state index contributed by atoms with van der Waals surface area (Å²) in [5, 5.41) is 2.45. The van der Waals surface area contributed by atoms with Crippen LogP contribution in [0.4, 0.5) is 17.1 Å². The van der Waals surface area contributed by atoms with Gasteiger partial charge in [0.05, 0.1) is 10.8 Å². The van der Waals surface area contributed by atoms with Crippen LogP contribution in [0.5, 0.6) is 0 Å². The first kappa shape index (κ1) is 38.9. The van der Waals surface area contributed by atoms with Crippen molar-refractivity contribution in [3.05, 3.63) is 317 Å². The van der Waals surface area contributed by atoms with Crippen LogP contribution in [-0.2, 0) is 10.8 Å². The van der Waals surface area contributed by atoms with E-state index in [0.717, 1.165) is 17.1 Å². The zero-order valence-electron chi connectivity index (χ0n) is 36.9. The Kier molecular flexibility index (Phi) is 9.05. The third kappa shape index (κ3) is 5.81. The molecule has 0 amide bonds. The third-order valence-electron chi connectivity index (χ3n) is 14.6. The fourth-order valence-corrected chi connectivity index (χ4v) is 11.8. The van der Waals surface area contributed by atoms with Crippen LogP contribution in [0.15, 0.2) is 273 Å². The van der Waals surface area contributed by atoms with Crippen molar-refractivity contribution < 1.29 is 0 Å². The highest BCUT2D eigenvalue weighted by atomic mass is 15.1. The van der Waals surface area contributed by atoms with Gasteiger partial charge in [-0.05, 0) is 125 Å². The summed E-state index contributed by atoms with van der Waals surface area (Å²) in [6.07, 6.45) is 0. The zero-order valence-corrected chi connectivity index (χ0v) is 36.9. The quantitative estimate of drug-likeness (QED) is 0.147. The minimum atomic E-state index is -0.543. The maximum atomic E-state index is 2.48. The maximum absolute atomic E-state index is 2.48. The van der Waals surface area contributed by atoms with Gasteiger partial charge in [-0.3, -0.25) is 0 Å². The Morgan fingerprint density at radius 3 is 1.22 bits per heavy atom. The van der Waals surface area contributed by atoms with Gasteiger partial charge in [-0.1, -0.05) is 237 Å². The second-order valence-electron chi connectivity index (χ2n) is 17.9. The van der Waals surface area contributed by atoms with Gasteiger partial charge in [0.1, 0.15) is 0 Å². The molecule has 67 heavy (non-hydrogen) atoms. The van der Waals surface area contributed by atoms with Crippen LogP contribution in [0.1, 0.15) is 44.5 Å². The molecule has 0 saturated carbocycles. The number of hydrogen-bond acceptors (Lipinski definition) is 1. The van der Waals surface area contributed by atoms with Crippen molar-refractivity contribution in [1.82, 2.24) is 0 Å². The maximum Gasteiger partial charge on any atom is 0.0719 e. The van der Waals surface area contributed by atoms with Gasteiger partial charge >= 0.3 is 0 Å². The number of fused-ring (bicyclic) bond motifs is 8. The van der Waals surface area contributed by atoms with Crippen LogP contribution in [0.25, 0.3) is 44.2 Å². The molecule has 0 heterocycles. The molecule has 13 rings (SSSR count). The van der Waals surface area contributed by atoms with Gasteiger partial charge in [0, 0.05) is 17.1 Å². The molecular formula is C66H45N. The Morgan fingerprint density at radius 2 is 0.642 bits per heavy atom. The predicted octanol–water partition coefficient (Wildman–Crippen LogP) is 16.7. The van der Waals surface area contributed by atoms with E-state index in [2.05, 4.69) is 278 Å². The molecule has 0 aromatic heterocycles. The van der Waals surface area contributed by atoms with Crippen LogP contribution in [0, 0.1) is 0 Å². The molecule has 1 heteroatoms. The second kappa shape index (κ2) is 15.6. The molecule has 11 aromatic carbocycles. The lowest BCUT2D eigenvalue weighted by Gasteiger charge is -2.35. The van der Waals surface area contributed by atoms with E-state index in [9.17, 15) is 0 Å². The summed E-state index contributed by atoms with van der Waals surface area (Å²) >= 11 is 0. The van der Waals surface area contributed by atoms with E-state index in [-0.39, 0.29) is 0 Å². The van der Waals surface area contributed by atoms with Crippen molar-refractivity contribution in [2.75, 3.05) is 4.90 Å². The molecule has 0 fully saturated rings. The third-order valence-corrected chi connectivity index (χ3v) is 14.6. The summed E-state index contributed by atoms with van der Waals surface area (Å²) in [5.74, 6) is 0. The number of nitrogens with zero attached hydrogens (tertiary/aromatic N) is 1. The largest absolute Gasteiger partial charge is 0.310 e. The molecule has 0 radical (unpaired) electrons. The molecular weight excluding hydrogens is 807 g/mol. The van der Waals surface area contributed by atoms with Crippen LogP contribution in [0.3, 0.4) is 0 Å². The monoisotopic (exact) mass is 851 g/mol. The number of rotatable bonds is 8. The smallest absolute Gasteiger partial charge is 0.0719 e. The Labute approximate surface area is 392 Å². The molecule has 314 valence electrons. The van der Waals surface area contributed by atoms with Crippen molar-refractivity contribution in [1.29, 1.82) is 0 Å². The lowest BCUT2D eigenvalue weighted by molar-refractivity contribution is 0.768. The number of benzene rings is 11. The molecule has 2 aliphatic rings. The zero-order chi connectivity index (χ0) is 44.4. The van der Waals surface area contributed by atoms with Gasteiger partial charge in [-0.15, -0.1) is 0 Å². The van der Waals surface area contributed by atoms with E-state index >= 15 is 0 Å². The minimum Gasteiger partial charge on any atom is -0.310 e. The topological polar surface area (TPSA) is 3.24 Å². The first-order valence-corrected chi connectivity index (χ1v) is 23.3. The van der Waals surface area contributed by atoms with Gasteiger partial charge in [0.2, 0.25) is 0 Å². The second-order valence-corrected chi connectivity index (χ2v) is 17.9. The summed E-state index contributed by atoms with van der Waals surface area (Å²) in [7, 11) is 0. The molecule has 0 N–H and O–H groups in total. The summed E-state index contributed by atoms with van der Waals surface area (Å²) in [5.41, 5.74) is 19.9. The van der Waals surface area contributed by atoms with Gasteiger partial charge in [-0.2, -0.15) is 0 Å². The van der Waals surface area contributed by atoms with Crippen LogP contribution in [-0.4, -0.2) is 0 Å². The van der Waals surface area contributed by atoms with Crippen molar-refractivity contribution in [2.45, 2.75) is 10.8 Å². The molecule has 0 atom stereocenters. The Bertz CT molecular complexity index is 3520. The molecule has 0 unspecified atom stereocenters. The van der Waals surface area contributed by atoms with Crippen molar-refractivity contribution in [3.63, 3.8) is 0 Å². The Morgan fingerprint density at radius 1 is 0.254 bits per heavy atom. The summed E-state index contributed by atoms with van der Waals surface area (Å²) in [6, 6.07) is 101. The van der Waals surface area contributed by atoms with Gasteiger partial charge in [-0.25, -0.2) is 0 Å². The first-order valence-electron chi connectivity index (χ1n) is 23.3. The number of anilines is 3. The summed E-state index contributed by atoms with van der Waals surface area (Å²) in [6.45, 7) is 0. The molecule has 0 spiro atoms. The highest BCUT2D eigenvalue weighted by Gasteiger charge is 2.48. The molecule has 2 aliphatic carbocycles. The average molecular weight is 852 g/mol. The highest BCUT2D eigenvalue weighted by molar-refractivity contribution is 6.02. The highest BCUT2D eigenvalue weighted by Crippen LogP contribution is 2.60. The van der Waals surface area contributed by atoms with E-state index in [1.54, 1.807) is 0 Å². The minimum absolute atomic E-state index is 0.533. The Balaban J connectivity index is 1.09. The van der Waals surface area contributed by atoms with Crippen molar-refractivity contribution in [3.8, 4) is 33.4 Å². The van der Waals surface area contributed by atoms with E-state index in [0.29, 0.717) is 0 Å². The fraction of sp³-hybridized carbons (Fsp3) is 0.0303. The predicted molar refractivity (Wildman–Crippen MR) is 279 cm³/mol. The SMILES string of the molecule is c1ccc(-c2ccc(N(c3ccc4c(c3)C(c3ccccc3)(c3ccccc3)c3ccccc3-4)c3ccc4ccc5c(c4c3)C(c3ccccc3)(c3ccccc3)c3ccccc3-5)cc2)cc1. The summed E-state index contributed by atoms with van der Waals surface area (Å²) in [4.78, 5) is 2.48. The average Bonchev–Trinajstić information content (AvgIpc) is 3.89. The van der Waals surface area contributed by atoms with E-state index < -0.39 is 10.8 Å². The number of hydrogen-bond donors (Lipinski definition) is 0. The normalized spacial score (nSPS) is 13.6. The van der Waals surface area contributed by atoms with E-state index in [1.807, 2.05) is 0 Å². The van der Waals surface area contributed by atoms with Crippen LogP contribution < -0.4 is 4.90 Å². The lowest BCUT2D eigenvalue weighted by Crippen LogP contribution is -2.29. The Hall–Kier alpha value is -8.52. The van der Waals surface area contributed by atoms with Crippen molar-refractivity contribution in [2.24, 2.45) is 0 Å². The van der Waals surface area contributed by atoms with Gasteiger partial charge in [0.15, 0.2) is 0 Å². The molecule has 0 saturated heterocycles. The standard InChI is InChI=1S/C66H45N/c1-6-20-46(21-7-1)47-34-38-53(39-35-47)67(55-41-43-58-56-30-16-18-32-61(56)65(63(58)45-55,49-22-8-2-9-23-49)50-24-10-3-11-25-50)54-40-36-48-37-42-59-57-31-17-19-33-62(57)66(64(59)60(48)44-54,51-26-12-4-13-27-51)52-28-14-5-15-29-52/h1-45H. The molecule has 1 nitrogen and oxygen atoms in total. The molecule has 0 bridgehead atoms. The van der Waals surface area contributed by atoms with Gasteiger partial charge < -0.3 is 4.90 Å². The van der Waals surface area contributed by atoms with Crippen LogP contribution >= 0.6 is 0 Å².